The van der Waals surface area contributed by atoms with Crippen molar-refractivity contribution in [2.45, 2.75) is 0 Å². The fourth-order valence-corrected chi connectivity index (χ4v) is 1.80. The zero-order chi connectivity index (χ0) is 14.5. The number of halogens is 2. The van der Waals surface area contributed by atoms with Gasteiger partial charge >= 0.3 is 0 Å². The van der Waals surface area contributed by atoms with Gasteiger partial charge in [-0.1, -0.05) is 23.2 Å². The summed E-state index contributed by atoms with van der Waals surface area (Å²) in [6.45, 7) is 0. The summed E-state index contributed by atoms with van der Waals surface area (Å²) in [6, 6.07) is 7.66. The van der Waals surface area contributed by atoms with E-state index >= 15 is 0 Å². The number of carbonyl (C=O) groups is 2. The van der Waals surface area contributed by atoms with Gasteiger partial charge in [-0.15, -0.1) is 0 Å². The Hall–Kier alpha value is -2.11. The molecule has 7 heteroatoms. The molecular formula is C13H9Cl2N3O2. The molecule has 0 fully saturated rings. The first-order valence-electron chi connectivity index (χ1n) is 5.53. The van der Waals surface area contributed by atoms with E-state index in [9.17, 15) is 9.59 Å². The number of amides is 2. The molecule has 0 aliphatic rings. The van der Waals surface area contributed by atoms with Gasteiger partial charge in [-0.2, -0.15) is 0 Å². The molecule has 20 heavy (non-hydrogen) atoms. The number of nitrogens with zero attached hydrogens (tertiary/aromatic N) is 1. The van der Waals surface area contributed by atoms with E-state index in [-0.39, 0.29) is 10.6 Å². The van der Waals surface area contributed by atoms with Crippen molar-refractivity contribution >= 4 is 35.0 Å². The standard InChI is InChI=1S/C13H9Cl2N3O2/c14-9-3-4-11(15)10(6-9)13(20)18-17-12(19)8-2-1-5-16-7-8/h1-7H,(H,17,19)(H,18,20). The van der Waals surface area contributed by atoms with Crippen LogP contribution in [0.2, 0.25) is 10.0 Å². The van der Waals surface area contributed by atoms with Crippen LogP contribution in [-0.4, -0.2) is 16.8 Å². The van der Waals surface area contributed by atoms with Crippen LogP contribution in [0.1, 0.15) is 20.7 Å². The molecular weight excluding hydrogens is 301 g/mol. The normalized spacial score (nSPS) is 9.90. The Morgan fingerprint density at radius 3 is 2.50 bits per heavy atom. The maximum atomic E-state index is 11.9. The molecule has 0 spiro atoms. The Bertz CT molecular complexity index is 647. The molecule has 0 saturated heterocycles. The van der Waals surface area contributed by atoms with Crippen LogP contribution in [0.5, 0.6) is 0 Å². The lowest BCUT2D eigenvalue weighted by Gasteiger charge is -2.08. The summed E-state index contributed by atoms with van der Waals surface area (Å²) in [6.07, 6.45) is 2.93. The number of hydrazine groups is 1. The zero-order valence-electron chi connectivity index (χ0n) is 10.1. The van der Waals surface area contributed by atoms with E-state index in [1.807, 2.05) is 0 Å². The van der Waals surface area contributed by atoms with Gasteiger partial charge in [0.1, 0.15) is 0 Å². The minimum absolute atomic E-state index is 0.172. The minimum atomic E-state index is -0.560. The number of benzene rings is 1. The van der Waals surface area contributed by atoms with Gasteiger partial charge in [0.15, 0.2) is 0 Å². The van der Waals surface area contributed by atoms with E-state index in [0.717, 1.165) is 0 Å². The fourth-order valence-electron chi connectivity index (χ4n) is 1.42. The molecule has 2 rings (SSSR count). The van der Waals surface area contributed by atoms with Crippen LogP contribution in [-0.2, 0) is 0 Å². The van der Waals surface area contributed by atoms with Crippen LogP contribution in [0.4, 0.5) is 0 Å². The highest BCUT2D eigenvalue weighted by molar-refractivity contribution is 6.35. The average Bonchev–Trinajstić information content (AvgIpc) is 2.47. The van der Waals surface area contributed by atoms with Crippen molar-refractivity contribution in [2.75, 3.05) is 0 Å². The quantitative estimate of drug-likeness (QED) is 0.837. The van der Waals surface area contributed by atoms with Gasteiger partial charge in [0.05, 0.1) is 16.1 Å². The number of hydrogen-bond acceptors (Lipinski definition) is 3. The van der Waals surface area contributed by atoms with E-state index in [4.69, 9.17) is 23.2 Å². The smallest absolute Gasteiger partial charge is 0.267 e. The Kier molecular flexibility index (Phi) is 4.55. The maximum absolute atomic E-state index is 11.9. The summed E-state index contributed by atoms with van der Waals surface area (Å²) < 4.78 is 0. The third-order valence-corrected chi connectivity index (χ3v) is 2.95. The lowest BCUT2D eigenvalue weighted by molar-refractivity contribution is 0.0846. The third kappa shape index (κ3) is 3.46. The van der Waals surface area contributed by atoms with E-state index in [2.05, 4.69) is 15.8 Å². The Labute approximate surface area is 124 Å². The third-order valence-electron chi connectivity index (χ3n) is 2.39. The molecule has 0 aliphatic heterocycles. The SMILES string of the molecule is O=C(NNC(=O)c1cc(Cl)ccc1Cl)c1cccnc1. The highest BCUT2D eigenvalue weighted by Gasteiger charge is 2.12. The lowest BCUT2D eigenvalue weighted by Crippen LogP contribution is -2.41. The monoisotopic (exact) mass is 309 g/mol. The van der Waals surface area contributed by atoms with Crippen molar-refractivity contribution in [2.24, 2.45) is 0 Å². The first-order valence-corrected chi connectivity index (χ1v) is 6.29. The van der Waals surface area contributed by atoms with Crippen LogP contribution < -0.4 is 10.9 Å². The summed E-state index contributed by atoms with van der Waals surface area (Å²) in [5.74, 6) is -1.04. The summed E-state index contributed by atoms with van der Waals surface area (Å²) in [5.41, 5.74) is 5.02. The molecule has 1 heterocycles. The van der Waals surface area contributed by atoms with Crippen LogP contribution in [0.3, 0.4) is 0 Å². The molecule has 1 aromatic heterocycles. The number of pyridine rings is 1. The van der Waals surface area contributed by atoms with E-state index in [1.54, 1.807) is 24.4 Å². The molecule has 0 saturated carbocycles. The largest absolute Gasteiger partial charge is 0.271 e. The zero-order valence-corrected chi connectivity index (χ0v) is 11.6. The van der Waals surface area contributed by atoms with Crippen molar-refractivity contribution in [3.63, 3.8) is 0 Å². The molecule has 0 unspecified atom stereocenters. The topological polar surface area (TPSA) is 71.1 Å². The molecule has 2 amide bonds. The van der Waals surface area contributed by atoms with Gasteiger partial charge in [0, 0.05) is 17.4 Å². The van der Waals surface area contributed by atoms with Crippen molar-refractivity contribution in [1.29, 1.82) is 0 Å². The van der Waals surface area contributed by atoms with Crippen LogP contribution in [0.25, 0.3) is 0 Å². The summed E-state index contributed by atoms with van der Waals surface area (Å²) >= 11 is 11.7. The fraction of sp³-hybridized carbons (Fsp3) is 0. The van der Waals surface area contributed by atoms with Gasteiger partial charge in [-0.25, -0.2) is 0 Å². The number of hydrogen-bond donors (Lipinski definition) is 2. The molecule has 2 N–H and O–H groups in total. The van der Waals surface area contributed by atoms with E-state index in [0.29, 0.717) is 10.6 Å². The molecule has 0 aliphatic carbocycles. The molecule has 0 bridgehead atoms. The predicted molar refractivity (Wildman–Crippen MR) is 75.6 cm³/mol. The van der Waals surface area contributed by atoms with Crippen LogP contribution >= 0.6 is 23.2 Å². The summed E-state index contributed by atoms with van der Waals surface area (Å²) in [4.78, 5) is 27.4. The number of aromatic nitrogens is 1. The van der Waals surface area contributed by atoms with Gasteiger partial charge in [0.25, 0.3) is 11.8 Å². The summed E-state index contributed by atoms with van der Waals surface area (Å²) in [7, 11) is 0. The summed E-state index contributed by atoms with van der Waals surface area (Å²) in [5, 5.41) is 0.612. The highest BCUT2D eigenvalue weighted by atomic mass is 35.5. The minimum Gasteiger partial charge on any atom is -0.267 e. The lowest BCUT2D eigenvalue weighted by atomic mass is 10.2. The van der Waals surface area contributed by atoms with Gasteiger partial charge in [-0.3, -0.25) is 25.4 Å². The average molecular weight is 310 g/mol. The van der Waals surface area contributed by atoms with E-state index < -0.39 is 11.8 Å². The number of rotatable bonds is 2. The van der Waals surface area contributed by atoms with Crippen LogP contribution in [0, 0.1) is 0 Å². The predicted octanol–water partition coefficient (Wildman–Crippen LogP) is 2.46. The molecule has 2 aromatic rings. The maximum Gasteiger partial charge on any atom is 0.271 e. The molecule has 102 valence electrons. The van der Waals surface area contributed by atoms with Crippen molar-refractivity contribution < 1.29 is 9.59 Å². The second-order valence-electron chi connectivity index (χ2n) is 3.77. The first kappa shape index (κ1) is 14.3. The first-order chi connectivity index (χ1) is 9.58. The van der Waals surface area contributed by atoms with Crippen molar-refractivity contribution in [1.82, 2.24) is 15.8 Å². The van der Waals surface area contributed by atoms with Crippen molar-refractivity contribution in [3.05, 3.63) is 63.9 Å². The van der Waals surface area contributed by atoms with Gasteiger partial charge in [-0.05, 0) is 30.3 Å². The molecule has 0 atom stereocenters. The second kappa shape index (κ2) is 6.36. The second-order valence-corrected chi connectivity index (χ2v) is 4.62. The van der Waals surface area contributed by atoms with Gasteiger partial charge < -0.3 is 0 Å². The Morgan fingerprint density at radius 1 is 1.05 bits per heavy atom. The molecule has 1 aromatic carbocycles. The van der Waals surface area contributed by atoms with Crippen LogP contribution in [0.15, 0.2) is 42.7 Å². The van der Waals surface area contributed by atoms with E-state index in [1.165, 1.54) is 18.3 Å². The highest BCUT2D eigenvalue weighted by Crippen LogP contribution is 2.20. The van der Waals surface area contributed by atoms with Crippen molar-refractivity contribution in [3.8, 4) is 0 Å². The number of nitrogens with one attached hydrogen (secondary N) is 2. The Morgan fingerprint density at radius 2 is 1.80 bits per heavy atom. The molecule has 5 nitrogen and oxygen atoms in total. The molecule has 0 radical (unpaired) electrons. The Balaban J connectivity index is 2.02. The van der Waals surface area contributed by atoms with Gasteiger partial charge in [0.2, 0.25) is 0 Å². The number of carbonyl (C=O) groups excluding carboxylic acids is 2.